The second kappa shape index (κ2) is 15.0. The third-order valence-corrected chi connectivity index (χ3v) is 7.30. The van der Waals surface area contributed by atoms with Crippen molar-refractivity contribution in [2.24, 2.45) is 11.7 Å². The van der Waals surface area contributed by atoms with Gasteiger partial charge in [0.15, 0.2) is 0 Å². The highest BCUT2D eigenvalue weighted by Gasteiger charge is 2.31. The minimum absolute atomic E-state index is 0.00979. The molecule has 0 saturated carbocycles. The van der Waals surface area contributed by atoms with E-state index in [-0.39, 0.29) is 25.2 Å². The van der Waals surface area contributed by atoms with E-state index in [0.717, 1.165) is 22.0 Å². The maximum atomic E-state index is 13.7. The van der Waals surface area contributed by atoms with Crippen LogP contribution in [0.25, 0.3) is 10.9 Å². The molecule has 0 aliphatic heterocycles. The zero-order valence-corrected chi connectivity index (χ0v) is 24.7. The lowest BCUT2D eigenvalue weighted by Crippen LogP contribution is -2.58. The molecule has 0 fully saturated rings. The van der Waals surface area contributed by atoms with Gasteiger partial charge in [0.1, 0.15) is 18.1 Å². The number of carbonyl (C=O) groups is 4. The Hall–Kier alpha value is -4.97. The number of nitrogens with zero attached hydrogens (tertiary/aromatic N) is 1. The third kappa shape index (κ3) is 8.77. The molecule has 232 valence electrons. The van der Waals surface area contributed by atoms with Crippen molar-refractivity contribution in [3.8, 4) is 0 Å². The van der Waals surface area contributed by atoms with Crippen LogP contribution >= 0.6 is 0 Å². The van der Waals surface area contributed by atoms with E-state index in [2.05, 4.69) is 30.9 Å². The largest absolute Gasteiger partial charge is 0.480 e. The summed E-state index contributed by atoms with van der Waals surface area (Å²) in [4.78, 5) is 62.5. The van der Waals surface area contributed by atoms with E-state index in [1.165, 1.54) is 12.5 Å². The van der Waals surface area contributed by atoms with E-state index in [1.807, 2.05) is 68.4 Å². The Kier molecular flexibility index (Phi) is 10.9. The zero-order valence-electron chi connectivity index (χ0n) is 24.7. The highest BCUT2D eigenvalue weighted by Crippen LogP contribution is 2.19. The van der Waals surface area contributed by atoms with Gasteiger partial charge in [0, 0.05) is 48.3 Å². The second-order valence-electron chi connectivity index (χ2n) is 11.3. The number of imidazole rings is 1. The minimum atomic E-state index is -1.27. The van der Waals surface area contributed by atoms with Crippen LogP contribution in [0.2, 0.25) is 0 Å². The number of carboxylic acid groups (broad SMARTS) is 1. The predicted octanol–water partition coefficient (Wildman–Crippen LogP) is 1.83. The standard InChI is InChI=1S/C32H39N7O5/c1-19(2)12-24(33)29(40)37-26(13-20-8-4-3-5-9-20)30(41)38-27(15-22-17-34-18-36-22)31(42)39-28(32(43)44)14-21-16-35-25-11-7-6-10-23(21)25/h3-11,16-19,24,26-28,35H,12-15,33H2,1-2H3,(H,34,36)(H,37,40)(H,38,41)(H,39,42)(H,43,44). The number of aromatic amines is 2. The summed E-state index contributed by atoms with van der Waals surface area (Å²) in [5.74, 6) is -2.83. The first-order chi connectivity index (χ1) is 21.1. The van der Waals surface area contributed by atoms with Crippen LogP contribution in [0.3, 0.4) is 0 Å². The molecule has 4 rings (SSSR count). The average Bonchev–Trinajstić information content (AvgIpc) is 3.66. The predicted molar refractivity (Wildman–Crippen MR) is 165 cm³/mol. The molecule has 4 atom stereocenters. The summed E-state index contributed by atoms with van der Waals surface area (Å²) < 4.78 is 0. The number of nitrogens with one attached hydrogen (secondary N) is 5. The molecule has 0 aliphatic carbocycles. The summed E-state index contributed by atoms with van der Waals surface area (Å²) in [7, 11) is 0. The fourth-order valence-electron chi connectivity index (χ4n) is 5.04. The van der Waals surface area contributed by atoms with Crippen molar-refractivity contribution in [1.29, 1.82) is 0 Å². The molecule has 2 aromatic carbocycles. The van der Waals surface area contributed by atoms with Crippen molar-refractivity contribution in [1.82, 2.24) is 30.9 Å². The van der Waals surface area contributed by atoms with Crippen LogP contribution in [-0.2, 0) is 38.4 Å². The number of amides is 3. The number of carboxylic acids is 1. The van der Waals surface area contributed by atoms with Crippen molar-refractivity contribution in [3.63, 3.8) is 0 Å². The number of hydrogen-bond acceptors (Lipinski definition) is 6. The lowest BCUT2D eigenvalue weighted by molar-refractivity contribution is -0.142. The summed E-state index contributed by atoms with van der Waals surface area (Å²) in [6.07, 6.45) is 5.30. The topological polar surface area (TPSA) is 195 Å². The molecule has 44 heavy (non-hydrogen) atoms. The lowest BCUT2D eigenvalue weighted by atomic mass is 10.0. The molecule has 0 saturated heterocycles. The average molecular weight is 602 g/mol. The number of aromatic nitrogens is 3. The molecule has 2 heterocycles. The van der Waals surface area contributed by atoms with E-state index in [9.17, 15) is 24.3 Å². The SMILES string of the molecule is CC(C)CC(N)C(=O)NC(Cc1ccccc1)C(=O)NC(Cc1cnc[nH]1)C(=O)NC(Cc1c[nH]c2ccccc12)C(=O)O. The summed E-state index contributed by atoms with van der Waals surface area (Å²) in [5.41, 5.74) is 9.02. The highest BCUT2D eigenvalue weighted by molar-refractivity contribution is 5.94. The van der Waals surface area contributed by atoms with Gasteiger partial charge in [0.2, 0.25) is 17.7 Å². The zero-order chi connectivity index (χ0) is 31.6. The summed E-state index contributed by atoms with van der Waals surface area (Å²) >= 11 is 0. The number of para-hydroxylation sites is 1. The van der Waals surface area contributed by atoms with Gasteiger partial charge < -0.3 is 36.8 Å². The van der Waals surface area contributed by atoms with Crippen molar-refractivity contribution in [3.05, 3.63) is 90.1 Å². The van der Waals surface area contributed by atoms with E-state index < -0.39 is 47.9 Å². The number of fused-ring (bicyclic) bond motifs is 1. The van der Waals surface area contributed by atoms with Crippen LogP contribution in [0.15, 0.2) is 73.3 Å². The Morgan fingerprint density at radius 3 is 2.11 bits per heavy atom. The molecule has 3 amide bonds. The quantitative estimate of drug-likeness (QED) is 0.108. The van der Waals surface area contributed by atoms with E-state index >= 15 is 0 Å². The monoisotopic (exact) mass is 601 g/mol. The first kappa shape index (κ1) is 32.0. The van der Waals surface area contributed by atoms with Gasteiger partial charge in [-0.15, -0.1) is 0 Å². The molecule has 8 N–H and O–H groups in total. The van der Waals surface area contributed by atoms with Crippen LogP contribution < -0.4 is 21.7 Å². The van der Waals surface area contributed by atoms with Crippen LogP contribution in [0, 0.1) is 5.92 Å². The normalized spacial score (nSPS) is 14.0. The van der Waals surface area contributed by atoms with Gasteiger partial charge in [-0.1, -0.05) is 62.4 Å². The van der Waals surface area contributed by atoms with Crippen molar-refractivity contribution >= 4 is 34.6 Å². The van der Waals surface area contributed by atoms with Gasteiger partial charge in [-0.25, -0.2) is 9.78 Å². The first-order valence-corrected chi connectivity index (χ1v) is 14.6. The molecular weight excluding hydrogens is 562 g/mol. The lowest BCUT2D eigenvalue weighted by Gasteiger charge is -2.25. The Labute approximate surface area is 255 Å². The van der Waals surface area contributed by atoms with Gasteiger partial charge in [-0.3, -0.25) is 14.4 Å². The number of aliphatic carboxylic acids is 1. The Morgan fingerprint density at radius 2 is 1.45 bits per heavy atom. The van der Waals surface area contributed by atoms with Crippen LogP contribution in [-0.4, -0.2) is 67.9 Å². The fraction of sp³-hybridized carbons (Fsp3) is 0.344. The third-order valence-electron chi connectivity index (χ3n) is 7.30. The molecular formula is C32H39N7O5. The smallest absolute Gasteiger partial charge is 0.326 e. The molecule has 4 unspecified atom stereocenters. The summed E-state index contributed by atoms with van der Waals surface area (Å²) in [6, 6.07) is 12.3. The van der Waals surface area contributed by atoms with Gasteiger partial charge in [0.05, 0.1) is 12.4 Å². The second-order valence-corrected chi connectivity index (χ2v) is 11.3. The maximum absolute atomic E-state index is 13.7. The van der Waals surface area contributed by atoms with Gasteiger partial charge in [-0.05, 0) is 29.5 Å². The molecule has 0 spiro atoms. The van der Waals surface area contributed by atoms with E-state index in [1.54, 1.807) is 6.20 Å². The van der Waals surface area contributed by atoms with Gasteiger partial charge in [0.25, 0.3) is 0 Å². The number of nitrogens with two attached hydrogens (primary N) is 1. The Balaban J connectivity index is 1.54. The molecule has 0 bridgehead atoms. The molecule has 0 radical (unpaired) electrons. The fourth-order valence-corrected chi connectivity index (χ4v) is 5.04. The number of hydrogen-bond donors (Lipinski definition) is 7. The van der Waals surface area contributed by atoms with Crippen molar-refractivity contribution in [2.45, 2.75) is 63.7 Å². The Bertz CT molecular complexity index is 1550. The Morgan fingerprint density at radius 1 is 0.818 bits per heavy atom. The summed E-state index contributed by atoms with van der Waals surface area (Å²) in [6.45, 7) is 3.89. The molecule has 12 nitrogen and oxygen atoms in total. The number of H-pyrrole nitrogens is 2. The van der Waals surface area contributed by atoms with Gasteiger partial charge in [-0.2, -0.15) is 0 Å². The first-order valence-electron chi connectivity index (χ1n) is 14.6. The summed E-state index contributed by atoms with van der Waals surface area (Å²) in [5, 5.41) is 18.9. The molecule has 2 aromatic heterocycles. The molecule has 4 aromatic rings. The van der Waals surface area contributed by atoms with Gasteiger partial charge >= 0.3 is 5.97 Å². The van der Waals surface area contributed by atoms with Crippen LogP contribution in [0.4, 0.5) is 0 Å². The van der Waals surface area contributed by atoms with Crippen LogP contribution in [0.1, 0.15) is 37.1 Å². The molecule has 12 heteroatoms. The van der Waals surface area contributed by atoms with E-state index in [0.29, 0.717) is 12.1 Å². The number of carbonyl (C=O) groups excluding carboxylic acids is 3. The number of benzene rings is 2. The minimum Gasteiger partial charge on any atom is -0.480 e. The molecule has 0 aliphatic rings. The van der Waals surface area contributed by atoms with Crippen molar-refractivity contribution < 1.29 is 24.3 Å². The highest BCUT2D eigenvalue weighted by atomic mass is 16.4. The van der Waals surface area contributed by atoms with Crippen molar-refractivity contribution in [2.75, 3.05) is 0 Å². The number of rotatable bonds is 15. The van der Waals surface area contributed by atoms with Crippen LogP contribution in [0.5, 0.6) is 0 Å². The van der Waals surface area contributed by atoms with E-state index in [4.69, 9.17) is 5.73 Å². The maximum Gasteiger partial charge on any atom is 0.326 e.